The molecule has 114 valence electrons. The largest absolute Gasteiger partial charge is 0.355 e. The van der Waals surface area contributed by atoms with E-state index in [2.05, 4.69) is 5.32 Å². The maximum absolute atomic E-state index is 12.2. The maximum atomic E-state index is 12.2. The summed E-state index contributed by atoms with van der Waals surface area (Å²) in [5, 5.41) is 2.91. The third kappa shape index (κ3) is 8.12. The number of amides is 1. The van der Waals surface area contributed by atoms with E-state index >= 15 is 0 Å². The molecule has 0 spiro atoms. The lowest BCUT2D eigenvalue weighted by Crippen LogP contribution is -2.50. The van der Waals surface area contributed by atoms with Crippen molar-refractivity contribution < 1.29 is 4.79 Å². The van der Waals surface area contributed by atoms with Gasteiger partial charge in [0, 0.05) is 32.7 Å². The molecule has 0 aromatic carbocycles. The standard InChI is InChI=1S/C12H30N6O/c13-4-1-3-11(12(19)17-8-2-5-14)18(9-6-15)10-7-16/h11H,1-10,13-16H2,(H,17,19)/t11-/m0/s1. The number of hydrogen-bond donors (Lipinski definition) is 5. The number of hydrogen-bond acceptors (Lipinski definition) is 6. The molecule has 0 saturated carbocycles. The third-order valence-electron chi connectivity index (χ3n) is 2.94. The van der Waals surface area contributed by atoms with Crippen molar-refractivity contribution in [2.24, 2.45) is 22.9 Å². The van der Waals surface area contributed by atoms with Crippen LogP contribution in [0, 0.1) is 0 Å². The summed E-state index contributed by atoms with van der Waals surface area (Å²) in [4.78, 5) is 14.2. The van der Waals surface area contributed by atoms with Gasteiger partial charge in [-0.05, 0) is 32.4 Å². The van der Waals surface area contributed by atoms with Crippen LogP contribution in [-0.4, -0.2) is 62.7 Å². The first kappa shape index (κ1) is 18.3. The number of nitrogens with two attached hydrogens (primary N) is 4. The lowest BCUT2D eigenvalue weighted by molar-refractivity contribution is -0.126. The second kappa shape index (κ2) is 12.3. The van der Waals surface area contributed by atoms with Crippen LogP contribution in [0.25, 0.3) is 0 Å². The molecule has 0 unspecified atom stereocenters. The number of nitrogens with zero attached hydrogens (tertiary/aromatic N) is 1. The molecule has 0 saturated heterocycles. The van der Waals surface area contributed by atoms with Crippen molar-refractivity contribution in [1.82, 2.24) is 10.2 Å². The molecule has 19 heavy (non-hydrogen) atoms. The van der Waals surface area contributed by atoms with Gasteiger partial charge in [-0.1, -0.05) is 0 Å². The first-order chi connectivity index (χ1) is 9.21. The van der Waals surface area contributed by atoms with E-state index in [0.717, 1.165) is 19.3 Å². The van der Waals surface area contributed by atoms with Crippen LogP contribution in [0.15, 0.2) is 0 Å². The van der Waals surface area contributed by atoms with Crippen LogP contribution in [0.1, 0.15) is 19.3 Å². The zero-order chi connectivity index (χ0) is 14.5. The quantitative estimate of drug-likeness (QED) is 0.256. The number of rotatable bonds is 12. The highest BCUT2D eigenvalue weighted by Gasteiger charge is 2.24. The predicted molar refractivity (Wildman–Crippen MR) is 78.4 cm³/mol. The molecular weight excluding hydrogens is 244 g/mol. The van der Waals surface area contributed by atoms with Crippen LogP contribution in [-0.2, 0) is 4.79 Å². The molecule has 7 nitrogen and oxygen atoms in total. The normalized spacial score (nSPS) is 12.7. The molecular formula is C12H30N6O. The Morgan fingerprint density at radius 1 is 0.947 bits per heavy atom. The first-order valence-electron chi connectivity index (χ1n) is 7.03. The fourth-order valence-corrected chi connectivity index (χ4v) is 1.98. The van der Waals surface area contributed by atoms with E-state index in [1.54, 1.807) is 0 Å². The Labute approximate surface area is 116 Å². The molecule has 0 aliphatic carbocycles. The summed E-state index contributed by atoms with van der Waals surface area (Å²) < 4.78 is 0. The Bertz CT molecular complexity index is 220. The van der Waals surface area contributed by atoms with Gasteiger partial charge in [0.1, 0.15) is 0 Å². The average Bonchev–Trinajstić information content (AvgIpc) is 2.40. The van der Waals surface area contributed by atoms with E-state index in [0.29, 0.717) is 45.8 Å². The van der Waals surface area contributed by atoms with Crippen LogP contribution in [0.5, 0.6) is 0 Å². The van der Waals surface area contributed by atoms with Gasteiger partial charge in [0.15, 0.2) is 0 Å². The minimum Gasteiger partial charge on any atom is -0.355 e. The summed E-state index contributed by atoms with van der Waals surface area (Å²) in [7, 11) is 0. The zero-order valence-electron chi connectivity index (χ0n) is 11.8. The molecule has 0 aromatic heterocycles. The van der Waals surface area contributed by atoms with Crippen molar-refractivity contribution in [2.75, 3.05) is 45.8 Å². The molecule has 0 aromatic rings. The van der Waals surface area contributed by atoms with E-state index in [1.807, 2.05) is 4.90 Å². The van der Waals surface area contributed by atoms with Crippen molar-refractivity contribution in [3.63, 3.8) is 0 Å². The van der Waals surface area contributed by atoms with Gasteiger partial charge in [0.2, 0.25) is 5.91 Å². The van der Waals surface area contributed by atoms with Crippen molar-refractivity contribution in [3.05, 3.63) is 0 Å². The second-order valence-electron chi connectivity index (χ2n) is 4.49. The molecule has 9 N–H and O–H groups in total. The minimum atomic E-state index is -0.201. The van der Waals surface area contributed by atoms with Gasteiger partial charge < -0.3 is 28.3 Å². The van der Waals surface area contributed by atoms with Gasteiger partial charge in [-0.2, -0.15) is 0 Å². The highest BCUT2D eigenvalue weighted by Crippen LogP contribution is 2.06. The van der Waals surface area contributed by atoms with Gasteiger partial charge in [-0.25, -0.2) is 0 Å². The van der Waals surface area contributed by atoms with Gasteiger partial charge in [-0.15, -0.1) is 0 Å². The first-order valence-corrected chi connectivity index (χ1v) is 7.03. The molecule has 0 aliphatic rings. The maximum Gasteiger partial charge on any atom is 0.237 e. The molecule has 0 radical (unpaired) electrons. The zero-order valence-corrected chi connectivity index (χ0v) is 11.8. The van der Waals surface area contributed by atoms with Crippen LogP contribution in [0.4, 0.5) is 0 Å². The van der Waals surface area contributed by atoms with E-state index in [1.165, 1.54) is 0 Å². The Morgan fingerprint density at radius 2 is 1.53 bits per heavy atom. The topological polar surface area (TPSA) is 136 Å². The summed E-state index contributed by atoms with van der Waals surface area (Å²) in [5.74, 6) is 0.0174. The number of carbonyl (C=O) groups excluding carboxylic acids is 1. The van der Waals surface area contributed by atoms with E-state index in [-0.39, 0.29) is 11.9 Å². The SMILES string of the molecule is NCCCNC(=O)[C@H](CCCN)N(CCN)CCN. The van der Waals surface area contributed by atoms with Gasteiger partial charge >= 0.3 is 0 Å². The molecule has 0 aliphatic heterocycles. The van der Waals surface area contributed by atoms with Crippen LogP contribution >= 0.6 is 0 Å². The van der Waals surface area contributed by atoms with E-state index in [9.17, 15) is 4.79 Å². The molecule has 0 bridgehead atoms. The Balaban J connectivity index is 4.49. The summed E-state index contributed by atoms with van der Waals surface area (Å²) >= 11 is 0. The Hall–Kier alpha value is -0.730. The Morgan fingerprint density at radius 3 is 2.00 bits per heavy atom. The second-order valence-corrected chi connectivity index (χ2v) is 4.49. The number of carbonyl (C=O) groups is 1. The monoisotopic (exact) mass is 274 g/mol. The fourth-order valence-electron chi connectivity index (χ4n) is 1.98. The summed E-state index contributed by atoms with van der Waals surface area (Å²) in [6, 6.07) is -0.201. The van der Waals surface area contributed by atoms with Crippen LogP contribution in [0.2, 0.25) is 0 Å². The molecule has 1 atom stereocenters. The van der Waals surface area contributed by atoms with Gasteiger partial charge in [0.05, 0.1) is 6.04 Å². The summed E-state index contributed by atoms with van der Waals surface area (Å²) in [6.45, 7) is 4.10. The third-order valence-corrected chi connectivity index (χ3v) is 2.94. The summed E-state index contributed by atoms with van der Waals surface area (Å²) in [6.07, 6.45) is 2.31. The highest BCUT2D eigenvalue weighted by atomic mass is 16.2. The molecule has 1 amide bonds. The molecule has 7 heteroatoms. The average molecular weight is 274 g/mol. The van der Waals surface area contributed by atoms with Crippen molar-refractivity contribution in [2.45, 2.75) is 25.3 Å². The van der Waals surface area contributed by atoms with Crippen LogP contribution < -0.4 is 28.3 Å². The Kier molecular flexibility index (Phi) is 11.8. The van der Waals surface area contributed by atoms with Gasteiger partial charge in [0.25, 0.3) is 0 Å². The minimum absolute atomic E-state index is 0.0174. The summed E-state index contributed by atoms with van der Waals surface area (Å²) in [5.41, 5.74) is 22.1. The van der Waals surface area contributed by atoms with Crippen LogP contribution in [0.3, 0.4) is 0 Å². The van der Waals surface area contributed by atoms with Crippen molar-refractivity contribution in [3.8, 4) is 0 Å². The predicted octanol–water partition coefficient (Wildman–Crippen LogP) is -2.22. The van der Waals surface area contributed by atoms with Crippen molar-refractivity contribution >= 4 is 5.91 Å². The highest BCUT2D eigenvalue weighted by molar-refractivity contribution is 5.81. The lowest BCUT2D eigenvalue weighted by Gasteiger charge is -2.30. The fraction of sp³-hybridized carbons (Fsp3) is 0.917. The van der Waals surface area contributed by atoms with E-state index < -0.39 is 0 Å². The van der Waals surface area contributed by atoms with E-state index in [4.69, 9.17) is 22.9 Å². The smallest absolute Gasteiger partial charge is 0.237 e. The number of nitrogens with one attached hydrogen (secondary N) is 1. The molecule has 0 fully saturated rings. The molecule has 0 heterocycles. The van der Waals surface area contributed by atoms with Gasteiger partial charge in [-0.3, -0.25) is 9.69 Å². The van der Waals surface area contributed by atoms with Crippen molar-refractivity contribution in [1.29, 1.82) is 0 Å². The molecule has 0 rings (SSSR count). The lowest BCUT2D eigenvalue weighted by atomic mass is 10.1.